The fourth-order valence-corrected chi connectivity index (χ4v) is 74.1. The van der Waals surface area contributed by atoms with Gasteiger partial charge < -0.3 is 0 Å². The molecule has 6 aromatic rings. The summed E-state index contributed by atoms with van der Waals surface area (Å²) >= 11 is 2.70. The van der Waals surface area contributed by atoms with E-state index in [1.54, 1.807) is 0 Å². The molecule has 0 saturated heterocycles. The van der Waals surface area contributed by atoms with Gasteiger partial charge in [-0.15, -0.1) is 0 Å². The molecular formula is C36H32AuBrP2. The molecule has 0 bridgehead atoms. The summed E-state index contributed by atoms with van der Waals surface area (Å²) in [5, 5.41) is 3.69. The van der Waals surface area contributed by atoms with Crippen LogP contribution in [0.4, 0.5) is 0 Å². The fraction of sp³-hybridized carbons (Fsp3) is 0. The average molecular weight is 803 g/mol. The summed E-state index contributed by atoms with van der Waals surface area (Å²) in [6.07, 6.45) is 0. The predicted molar refractivity (Wildman–Crippen MR) is 182 cm³/mol. The second kappa shape index (κ2) is 12.5. The molecule has 0 aromatic heterocycles. The summed E-state index contributed by atoms with van der Waals surface area (Å²) < 4.78 is 0. The van der Waals surface area contributed by atoms with Gasteiger partial charge in [0.1, 0.15) is 0 Å². The van der Waals surface area contributed by atoms with Gasteiger partial charge in [0.15, 0.2) is 0 Å². The first-order valence-electron chi connectivity index (χ1n) is 13.4. The van der Waals surface area contributed by atoms with Crippen molar-refractivity contribution in [3.05, 3.63) is 182 Å². The van der Waals surface area contributed by atoms with Gasteiger partial charge in [0.2, 0.25) is 0 Å². The first kappa shape index (κ1) is 27.6. The van der Waals surface area contributed by atoms with Gasteiger partial charge in [0.25, 0.3) is 0 Å². The van der Waals surface area contributed by atoms with Gasteiger partial charge >= 0.3 is 252 Å². The summed E-state index contributed by atoms with van der Waals surface area (Å²) in [6, 6.07) is 68.5. The van der Waals surface area contributed by atoms with Crippen molar-refractivity contribution < 1.29 is 15.3 Å². The maximum absolute atomic E-state index is 4.82. The normalized spacial score (nSPS) is 12.9. The van der Waals surface area contributed by atoms with Crippen LogP contribution in [0.1, 0.15) is 0 Å². The molecule has 0 aliphatic carbocycles. The van der Waals surface area contributed by atoms with Crippen LogP contribution in [0.5, 0.6) is 0 Å². The molecule has 0 atom stereocenters. The Balaban J connectivity index is 1.81. The molecule has 4 heteroatoms. The second-order valence-electron chi connectivity index (χ2n) is 9.59. The van der Waals surface area contributed by atoms with Crippen molar-refractivity contribution in [1.82, 2.24) is 0 Å². The van der Waals surface area contributed by atoms with E-state index in [9.17, 15) is 0 Å². The zero-order chi connectivity index (χ0) is 27.3. The molecule has 0 saturated carbocycles. The van der Waals surface area contributed by atoms with Gasteiger partial charge in [-0.2, -0.15) is 0 Å². The monoisotopic (exact) mass is 802 g/mol. The first-order valence-corrected chi connectivity index (χ1v) is 28.2. The van der Waals surface area contributed by atoms with E-state index in [0.29, 0.717) is 0 Å². The summed E-state index contributed by atoms with van der Waals surface area (Å²) in [6.45, 7) is 0. The maximum atomic E-state index is 4.82. The van der Waals surface area contributed by atoms with E-state index in [0.717, 1.165) is 0 Å². The van der Waals surface area contributed by atoms with E-state index < -0.39 is 25.6 Å². The van der Waals surface area contributed by atoms with Gasteiger partial charge in [0.05, 0.1) is 0 Å². The van der Waals surface area contributed by atoms with Crippen LogP contribution < -0.4 is 31.8 Å². The van der Waals surface area contributed by atoms with Crippen molar-refractivity contribution in [2.24, 2.45) is 0 Å². The summed E-state index contributed by atoms with van der Waals surface area (Å²) in [7, 11) is 0. The van der Waals surface area contributed by atoms with Crippen LogP contribution in [0.2, 0.25) is 0 Å². The van der Waals surface area contributed by atoms with Crippen molar-refractivity contribution >= 4 is 55.2 Å². The van der Waals surface area contributed by atoms with E-state index in [-0.39, 0.29) is 0 Å². The fourth-order valence-electron chi connectivity index (χ4n) is 5.56. The minimum atomic E-state index is -2.58. The third kappa shape index (κ3) is 4.80. The number of hydrogen-bond donors (Lipinski definition) is 0. The van der Waals surface area contributed by atoms with Crippen LogP contribution in [0.15, 0.2) is 182 Å². The van der Waals surface area contributed by atoms with Crippen LogP contribution in [0, 0.1) is 0 Å². The van der Waals surface area contributed by atoms with Crippen molar-refractivity contribution in [2.75, 3.05) is 0 Å². The van der Waals surface area contributed by atoms with Crippen molar-refractivity contribution in [3.8, 4) is 0 Å². The number of rotatable bonds is 8. The molecular weight excluding hydrogens is 771 g/mol. The molecule has 0 aliphatic heterocycles. The molecule has 6 rings (SSSR count). The third-order valence-corrected chi connectivity index (χ3v) is 63.1. The Labute approximate surface area is 250 Å². The van der Waals surface area contributed by atoms with Crippen LogP contribution in [0.3, 0.4) is 0 Å². The molecule has 40 heavy (non-hydrogen) atoms. The predicted octanol–water partition coefficient (Wildman–Crippen LogP) is 7.20. The van der Waals surface area contributed by atoms with E-state index in [2.05, 4.69) is 182 Å². The molecule has 6 aromatic carbocycles. The number of hydrogen-bond acceptors (Lipinski definition) is 0. The van der Waals surface area contributed by atoms with Crippen LogP contribution in [-0.4, -0.2) is 0 Å². The van der Waals surface area contributed by atoms with Gasteiger partial charge in [-0.3, -0.25) is 0 Å². The Kier molecular flexibility index (Phi) is 8.62. The van der Waals surface area contributed by atoms with Crippen molar-refractivity contribution in [3.63, 3.8) is 0 Å². The van der Waals surface area contributed by atoms with Gasteiger partial charge in [-0.05, 0) is 0 Å². The molecule has 0 heterocycles. The molecule has 0 unspecified atom stereocenters. The molecule has 0 spiro atoms. The molecule has 204 valence electrons. The standard InChI is InChI=1S/2C18H15P.Au.BrH/c2*1-4-10-16(11-5-1)19(17-12-6-2-7-13-17)18-14-8-3-9-15-18;;/h2*1-15H;;1H/q;;-1;/p+1. The molecule has 0 aliphatic rings. The molecule has 0 nitrogen and oxygen atoms in total. The zero-order valence-electron chi connectivity index (χ0n) is 22.0. The summed E-state index contributed by atoms with van der Waals surface area (Å²) in [5.74, 6) is 0. The summed E-state index contributed by atoms with van der Waals surface area (Å²) in [4.78, 5) is 0. The Bertz CT molecular complexity index is 1310. The molecule has 0 N–H and O–H groups in total. The van der Waals surface area contributed by atoms with E-state index >= 15 is 0 Å². The zero-order valence-corrected chi connectivity index (χ0v) is 27.8. The quantitative estimate of drug-likeness (QED) is 0.113. The topological polar surface area (TPSA) is 0 Å². The minimum absolute atomic E-state index is 1.48. The Morgan fingerprint density at radius 2 is 0.425 bits per heavy atom. The van der Waals surface area contributed by atoms with Crippen LogP contribution >= 0.6 is 23.3 Å². The first-order chi connectivity index (χ1) is 19.8. The Morgan fingerprint density at radius 1 is 0.275 bits per heavy atom. The van der Waals surface area contributed by atoms with E-state index in [4.69, 9.17) is 13.0 Å². The van der Waals surface area contributed by atoms with E-state index in [1.165, 1.54) is 31.8 Å². The van der Waals surface area contributed by atoms with Gasteiger partial charge in [-0.25, -0.2) is 0 Å². The molecule has 0 radical (unpaired) electrons. The van der Waals surface area contributed by atoms with Gasteiger partial charge in [-0.1, -0.05) is 0 Å². The molecule has 0 amide bonds. The summed E-state index contributed by atoms with van der Waals surface area (Å²) in [5.41, 5.74) is 0. The molecule has 0 fully saturated rings. The number of halogens is 1. The third-order valence-electron chi connectivity index (χ3n) is 7.29. The van der Waals surface area contributed by atoms with Crippen LogP contribution in [0.25, 0.3) is 0 Å². The van der Waals surface area contributed by atoms with Gasteiger partial charge in [0, 0.05) is 0 Å². The Hall–Kier alpha value is -2.60. The Morgan fingerprint density at radius 3 is 0.575 bits per heavy atom. The van der Waals surface area contributed by atoms with Crippen molar-refractivity contribution in [1.29, 1.82) is 0 Å². The van der Waals surface area contributed by atoms with Crippen LogP contribution in [-0.2, 0) is 15.3 Å². The number of benzene rings is 6. The average Bonchev–Trinajstić information content (AvgIpc) is 3.05. The SMILES string of the molecule is [Br][Au]([PH](c1ccccc1)(c1ccccc1)c1ccccc1)[PH](c1ccccc1)(c1ccccc1)c1ccccc1. The van der Waals surface area contributed by atoms with E-state index in [1.807, 2.05) is 0 Å². The second-order valence-corrected chi connectivity index (χ2v) is 45.1. The van der Waals surface area contributed by atoms with Crippen molar-refractivity contribution in [2.45, 2.75) is 0 Å².